The van der Waals surface area contributed by atoms with Gasteiger partial charge in [0.2, 0.25) is 5.70 Å². The monoisotopic (exact) mass is 279 g/mol. The smallest absolute Gasteiger partial charge is 0.306 e. The summed E-state index contributed by atoms with van der Waals surface area (Å²) in [5.41, 5.74) is 0.617. The molecular formula is C14H17NO5. The van der Waals surface area contributed by atoms with E-state index in [4.69, 9.17) is 9.47 Å². The first kappa shape index (κ1) is 15.7. The molecule has 0 unspecified atom stereocenters. The molecule has 0 N–H and O–H groups in total. The molecule has 0 aliphatic heterocycles. The lowest BCUT2D eigenvalue weighted by Gasteiger charge is -2.02. The van der Waals surface area contributed by atoms with Gasteiger partial charge in [0.1, 0.15) is 5.75 Å². The fourth-order valence-corrected chi connectivity index (χ4v) is 1.60. The van der Waals surface area contributed by atoms with Gasteiger partial charge in [0.25, 0.3) is 0 Å². The van der Waals surface area contributed by atoms with E-state index in [0.717, 1.165) is 0 Å². The van der Waals surface area contributed by atoms with E-state index in [1.54, 1.807) is 31.2 Å². The molecule has 1 rings (SSSR count). The zero-order valence-electron chi connectivity index (χ0n) is 11.5. The molecule has 0 aromatic heterocycles. The van der Waals surface area contributed by atoms with Gasteiger partial charge in [0.05, 0.1) is 25.1 Å². The molecule has 0 atom stereocenters. The summed E-state index contributed by atoms with van der Waals surface area (Å²) in [7, 11) is 1.53. The minimum absolute atomic E-state index is 0.00930. The highest BCUT2D eigenvalue weighted by atomic mass is 16.6. The Kier molecular flexibility index (Phi) is 6.22. The van der Waals surface area contributed by atoms with Crippen LogP contribution in [0.5, 0.6) is 5.75 Å². The highest BCUT2D eigenvalue weighted by Gasteiger charge is 2.14. The zero-order valence-corrected chi connectivity index (χ0v) is 11.5. The van der Waals surface area contributed by atoms with Gasteiger partial charge in [-0.05, 0) is 24.6 Å². The number of nitrogens with zero attached hydrogens (tertiary/aromatic N) is 1. The molecule has 0 aliphatic rings. The van der Waals surface area contributed by atoms with Crippen molar-refractivity contribution in [3.05, 3.63) is 45.6 Å². The highest BCUT2D eigenvalue weighted by Crippen LogP contribution is 2.17. The summed E-state index contributed by atoms with van der Waals surface area (Å²) >= 11 is 0. The van der Waals surface area contributed by atoms with Crippen LogP contribution in [0.1, 0.15) is 25.3 Å². The van der Waals surface area contributed by atoms with Crippen LogP contribution in [0.4, 0.5) is 0 Å². The second-order valence-electron chi connectivity index (χ2n) is 3.97. The van der Waals surface area contributed by atoms with Crippen LogP contribution >= 0.6 is 0 Å². The average molecular weight is 279 g/mol. The summed E-state index contributed by atoms with van der Waals surface area (Å²) in [6.07, 6.45) is 1.45. The Balaban J connectivity index is 2.81. The lowest BCUT2D eigenvalue weighted by molar-refractivity contribution is -0.426. The molecule has 6 heteroatoms. The SMILES string of the molecule is CCOC(=O)CCC(=Cc1cccc(OC)c1)[N+](=O)[O-]. The average Bonchev–Trinajstić information content (AvgIpc) is 2.43. The quantitative estimate of drug-likeness (QED) is 0.435. The standard InChI is InChI=1S/C14H17NO5/c1-3-20-14(16)8-7-12(15(17)18)9-11-5-4-6-13(10-11)19-2/h4-6,9-10H,3,7-8H2,1-2H3. The summed E-state index contributed by atoms with van der Waals surface area (Å²) in [4.78, 5) is 21.7. The maximum Gasteiger partial charge on any atom is 0.306 e. The molecule has 0 fully saturated rings. The third-order valence-electron chi connectivity index (χ3n) is 2.55. The van der Waals surface area contributed by atoms with Gasteiger partial charge in [0.15, 0.2) is 0 Å². The first-order chi connectivity index (χ1) is 9.56. The molecule has 1 aromatic carbocycles. The summed E-state index contributed by atoms with van der Waals surface area (Å²) in [6.45, 7) is 1.96. The first-order valence-electron chi connectivity index (χ1n) is 6.21. The molecule has 0 saturated heterocycles. The van der Waals surface area contributed by atoms with E-state index in [-0.39, 0.29) is 25.1 Å². The highest BCUT2D eigenvalue weighted by molar-refractivity contribution is 5.70. The number of carbonyl (C=O) groups is 1. The number of hydrogen-bond acceptors (Lipinski definition) is 5. The number of methoxy groups -OCH3 is 1. The van der Waals surface area contributed by atoms with Crippen LogP contribution in [0.2, 0.25) is 0 Å². The van der Waals surface area contributed by atoms with E-state index in [1.807, 2.05) is 0 Å². The van der Waals surface area contributed by atoms with Gasteiger partial charge in [-0.3, -0.25) is 14.9 Å². The summed E-state index contributed by atoms with van der Waals surface area (Å²) in [5, 5.41) is 11.0. The molecule has 1 aromatic rings. The predicted octanol–water partition coefficient (Wildman–Crippen LogP) is 2.66. The van der Waals surface area contributed by atoms with Crippen LogP contribution in [0.15, 0.2) is 30.0 Å². The lowest BCUT2D eigenvalue weighted by Crippen LogP contribution is -2.07. The Morgan fingerprint density at radius 1 is 1.40 bits per heavy atom. The Labute approximate surface area is 117 Å². The van der Waals surface area contributed by atoms with Gasteiger partial charge in [0, 0.05) is 12.5 Å². The van der Waals surface area contributed by atoms with E-state index in [9.17, 15) is 14.9 Å². The van der Waals surface area contributed by atoms with Gasteiger partial charge in [-0.25, -0.2) is 0 Å². The largest absolute Gasteiger partial charge is 0.497 e. The minimum Gasteiger partial charge on any atom is -0.497 e. The summed E-state index contributed by atoms with van der Waals surface area (Å²) in [5.74, 6) is 0.178. The molecule has 108 valence electrons. The number of hydrogen-bond donors (Lipinski definition) is 0. The molecule has 0 spiro atoms. The Hall–Kier alpha value is -2.37. The third-order valence-corrected chi connectivity index (χ3v) is 2.55. The van der Waals surface area contributed by atoms with Crippen LogP contribution < -0.4 is 4.74 Å². The number of nitro groups is 1. The van der Waals surface area contributed by atoms with Gasteiger partial charge < -0.3 is 9.47 Å². The van der Waals surface area contributed by atoms with Gasteiger partial charge in [-0.2, -0.15) is 0 Å². The molecule has 20 heavy (non-hydrogen) atoms. The third kappa shape index (κ3) is 5.09. The van der Waals surface area contributed by atoms with Crippen LogP contribution in [-0.2, 0) is 9.53 Å². The lowest BCUT2D eigenvalue weighted by atomic mass is 10.1. The van der Waals surface area contributed by atoms with Crippen molar-refractivity contribution < 1.29 is 19.2 Å². The Morgan fingerprint density at radius 3 is 2.75 bits per heavy atom. The minimum atomic E-state index is -0.487. The fraction of sp³-hybridized carbons (Fsp3) is 0.357. The second-order valence-corrected chi connectivity index (χ2v) is 3.97. The predicted molar refractivity (Wildman–Crippen MR) is 73.8 cm³/mol. The molecule has 0 heterocycles. The molecule has 0 aliphatic carbocycles. The fourth-order valence-electron chi connectivity index (χ4n) is 1.60. The van der Waals surface area contributed by atoms with Crippen molar-refractivity contribution in [1.82, 2.24) is 0 Å². The number of esters is 1. The van der Waals surface area contributed by atoms with Crippen molar-refractivity contribution in [2.24, 2.45) is 0 Å². The maximum absolute atomic E-state index is 11.2. The molecule has 0 saturated carbocycles. The molecule has 0 radical (unpaired) electrons. The van der Waals surface area contributed by atoms with E-state index < -0.39 is 10.9 Å². The Bertz CT molecular complexity index is 510. The number of ether oxygens (including phenoxy) is 2. The van der Waals surface area contributed by atoms with E-state index >= 15 is 0 Å². The first-order valence-corrected chi connectivity index (χ1v) is 6.21. The molecule has 0 bridgehead atoms. The molecular weight excluding hydrogens is 262 g/mol. The van der Waals surface area contributed by atoms with Crippen molar-refractivity contribution in [2.75, 3.05) is 13.7 Å². The van der Waals surface area contributed by atoms with Gasteiger partial charge >= 0.3 is 5.97 Å². The number of allylic oxidation sites excluding steroid dienone is 1. The van der Waals surface area contributed by atoms with Crippen molar-refractivity contribution in [1.29, 1.82) is 0 Å². The number of benzene rings is 1. The molecule has 6 nitrogen and oxygen atoms in total. The van der Waals surface area contributed by atoms with E-state index in [2.05, 4.69) is 0 Å². The molecule has 0 amide bonds. The van der Waals surface area contributed by atoms with Crippen LogP contribution in [0.25, 0.3) is 6.08 Å². The van der Waals surface area contributed by atoms with E-state index in [1.165, 1.54) is 13.2 Å². The number of carbonyl (C=O) groups excluding carboxylic acids is 1. The van der Waals surface area contributed by atoms with Crippen molar-refractivity contribution in [3.8, 4) is 5.75 Å². The summed E-state index contributed by atoms with van der Waals surface area (Å²) in [6, 6.07) is 6.92. The van der Waals surface area contributed by atoms with Crippen LogP contribution in [0, 0.1) is 10.1 Å². The topological polar surface area (TPSA) is 78.7 Å². The van der Waals surface area contributed by atoms with Crippen molar-refractivity contribution >= 4 is 12.0 Å². The second kappa shape index (κ2) is 7.93. The van der Waals surface area contributed by atoms with Crippen LogP contribution in [-0.4, -0.2) is 24.6 Å². The van der Waals surface area contributed by atoms with Crippen LogP contribution in [0.3, 0.4) is 0 Å². The van der Waals surface area contributed by atoms with Gasteiger partial charge in [-0.15, -0.1) is 0 Å². The van der Waals surface area contributed by atoms with Crippen molar-refractivity contribution in [3.63, 3.8) is 0 Å². The summed E-state index contributed by atoms with van der Waals surface area (Å²) < 4.78 is 9.80. The van der Waals surface area contributed by atoms with Crippen molar-refractivity contribution in [2.45, 2.75) is 19.8 Å². The number of rotatable bonds is 7. The maximum atomic E-state index is 11.2. The normalized spacial score (nSPS) is 11.0. The Morgan fingerprint density at radius 2 is 2.15 bits per heavy atom. The van der Waals surface area contributed by atoms with Gasteiger partial charge in [-0.1, -0.05) is 12.1 Å². The van der Waals surface area contributed by atoms with E-state index in [0.29, 0.717) is 11.3 Å². The zero-order chi connectivity index (χ0) is 15.0.